The summed E-state index contributed by atoms with van der Waals surface area (Å²) in [6, 6.07) is 21.5. The zero-order chi connectivity index (χ0) is 46.7. The van der Waals surface area contributed by atoms with E-state index in [0.29, 0.717) is 48.7 Å². The lowest BCUT2D eigenvalue weighted by molar-refractivity contribution is -0.140. The minimum Gasteiger partial charge on any atom is -0.459 e. The molecule has 0 radical (unpaired) electrons. The number of ether oxygens (including phenoxy) is 4. The fourth-order valence-electron chi connectivity index (χ4n) is 8.66. The lowest BCUT2D eigenvalue weighted by Crippen LogP contribution is -2.29. The standard InChI is InChI=1S/C53H55NO10S2.2H2S/c1-32(2)50(57)61-27-29-63-52(59)37-19-11-13-21-40(37)65-42-25-23-35(31-34-15-7-5-8-16-34)44-46(42)49(56)45-39(54-36-17-9-6-10-18-36)24-26-43(47(45)48(44)55)66-41-22-14-12-20-38(41)53(60)64-30-28-62-51(58)33(3)4;;/h11-14,19-26,34,36,54H,1,3,5-10,15-18,27-31H2,2,4H3;2*1H2. The largest absolute Gasteiger partial charge is 0.459 e. The first-order valence-electron chi connectivity index (χ1n) is 22.6. The lowest BCUT2D eigenvalue weighted by Gasteiger charge is -2.30. The molecule has 4 aromatic rings. The Morgan fingerprint density at radius 3 is 1.50 bits per heavy atom. The Labute approximate surface area is 420 Å². The molecule has 0 aliphatic heterocycles. The molecule has 2 saturated carbocycles. The van der Waals surface area contributed by atoms with Gasteiger partial charge in [-0.3, -0.25) is 9.59 Å². The highest BCUT2D eigenvalue weighted by atomic mass is 32.2. The molecule has 2 fully saturated rings. The molecule has 68 heavy (non-hydrogen) atoms. The average molecular weight is 998 g/mol. The molecule has 0 spiro atoms. The molecule has 0 unspecified atom stereocenters. The molecule has 0 bridgehead atoms. The number of anilines is 1. The third-order valence-corrected chi connectivity index (χ3v) is 14.2. The molecule has 360 valence electrons. The number of rotatable bonds is 18. The Hall–Kier alpha value is -5.22. The number of nitrogens with one attached hydrogen (secondary N) is 1. The highest BCUT2D eigenvalue weighted by Gasteiger charge is 2.39. The van der Waals surface area contributed by atoms with Gasteiger partial charge in [-0.2, -0.15) is 27.0 Å². The first-order chi connectivity index (χ1) is 31.9. The Morgan fingerprint density at radius 1 is 0.544 bits per heavy atom. The number of hydrogen-bond acceptors (Lipinski definition) is 13. The van der Waals surface area contributed by atoms with E-state index < -0.39 is 23.9 Å². The van der Waals surface area contributed by atoms with Crippen molar-refractivity contribution in [2.75, 3.05) is 31.7 Å². The highest BCUT2D eigenvalue weighted by molar-refractivity contribution is 7.99. The number of esters is 4. The third kappa shape index (κ3) is 13.1. The molecular formula is C53H59NO10S4. The van der Waals surface area contributed by atoms with E-state index in [2.05, 4.69) is 18.5 Å². The number of fused-ring (bicyclic) bond motifs is 2. The van der Waals surface area contributed by atoms with E-state index in [-0.39, 0.29) is 104 Å². The van der Waals surface area contributed by atoms with Gasteiger partial charge in [-0.1, -0.05) is 118 Å². The van der Waals surface area contributed by atoms with Crippen molar-refractivity contribution in [1.29, 1.82) is 0 Å². The molecule has 0 heterocycles. The number of hydrogen-bond donors (Lipinski definition) is 1. The third-order valence-electron chi connectivity index (χ3n) is 12.0. The van der Waals surface area contributed by atoms with E-state index in [1.54, 1.807) is 48.5 Å². The van der Waals surface area contributed by atoms with Crippen molar-refractivity contribution in [3.05, 3.63) is 136 Å². The summed E-state index contributed by atoms with van der Waals surface area (Å²) in [5.74, 6) is -2.65. The van der Waals surface area contributed by atoms with Crippen molar-refractivity contribution in [2.45, 2.75) is 110 Å². The summed E-state index contributed by atoms with van der Waals surface area (Å²) in [5, 5.41) is 3.66. The van der Waals surface area contributed by atoms with Crippen LogP contribution in [0.3, 0.4) is 0 Å². The van der Waals surface area contributed by atoms with Crippen LogP contribution in [0.15, 0.2) is 117 Å². The minimum absolute atomic E-state index is 0. The molecule has 4 aromatic carbocycles. The molecule has 3 aliphatic rings. The Bertz CT molecular complexity index is 2390. The zero-order valence-electron chi connectivity index (χ0n) is 38.5. The van der Waals surface area contributed by atoms with E-state index in [4.69, 9.17) is 18.9 Å². The first kappa shape index (κ1) is 53.7. The quantitative estimate of drug-likeness (QED) is 0.0384. The maximum Gasteiger partial charge on any atom is 0.339 e. The molecule has 0 amide bonds. The van der Waals surface area contributed by atoms with Crippen LogP contribution < -0.4 is 5.32 Å². The van der Waals surface area contributed by atoms with E-state index in [1.165, 1.54) is 43.8 Å². The van der Waals surface area contributed by atoms with Gasteiger partial charge >= 0.3 is 23.9 Å². The first-order valence-corrected chi connectivity index (χ1v) is 24.3. The molecule has 15 heteroatoms. The highest BCUT2D eigenvalue weighted by Crippen LogP contribution is 2.46. The second kappa shape index (κ2) is 25.4. The van der Waals surface area contributed by atoms with Crippen LogP contribution in [0.1, 0.15) is 136 Å². The SMILES string of the molecule is C=C(C)C(=O)OCCOC(=O)c1ccccc1Sc1ccc(CC2CCCCC2)c2c1C(=O)c1c(NC3CCCCC3)ccc(Sc3ccccc3C(=O)OCCOC(=O)C(=C)C)c1C2=O.S.S. The second-order valence-corrected chi connectivity index (χ2v) is 19.1. The predicted molar refractivity (Wildman–Crippen MR) is 275 cm³/mol. The van der Waals surface area contributed by atoms with Crippen molar-refractivity contribution in [1.82, 2.24) is 0 Å². The smallest absolute Gasteiger partial charge is 0.339 e. The topological polar surface area (TPSA) is 151 Å². The summed E-state index contributed by atoms with van der Waals surface area (Å²) in [7, 11) is 0. The van der Waals surface area contributed by atoms with Crippen molar-refractivity contribution >= 4 is 91.6 Å². The van der Waals surface area contributed by atoms with E-state index >= 15 is 9.59 Å². The zero-order valence-corrected chi connectivity index (χ0v) is 42.1. The van der Waals surface area contributed by atoms with Crippen molar-refractivity contribution in [3.8, 4) is 0 Å². The summed E-state index contributed by atoms with van der Waals surface area (Å²) in [5.41, 5.74) is 3.57. The molecule has 3 aliphatic carbocycles. The van der Waals surface area contributed by atoms with Gasteiger partial charge in [-0.25, -0.2) is 19.2 Å². The summed E-state index contributed by atoms with van der Waals surface area (Å²) < 4.78 is 21.2. The molecule has 7 rings (SSSR count). The van der Waals surface area contributed by atoms with Gasteiger partial charge in [0, 0.05) is 59.1 Å². The van der Waals surface area contributed by atoms with Gasteiger partial charge in [-0.15, -0.1) is 0 Å². The number of benzene rings is 4. The normalized spacial score (nSPS) is 14.5. The summed E-state index contributed by atoms with van der Waals surface area (Å²) in [6.45, 7) is 9.60. The van der Waals surface area contributed by atoms with Crippen molar-refractivity contribution in [2.24, 2.45) is 5.92 Å². The van der Waals surface area contributed by atoms with Gasteiger partial charge in [0.1, 0.15) is 26.4 Å². The van der Waals surface area contributed by atoms with Crippen LogP contribution in [-0.2, 0) is 35.0 Å². The maximum absolute atomic E-state index is 15.6. The number of carbonyl (C=O) groups is 6. The summed E-state index contributed by atoms with van der Waals surface area (Å²) in [6.07, 6.45) is 11.2. The van der Waals surface area contributed by atoms with Crippen molar-refractivity contribution in [3.63, 3.8) is 0 Å². The fourth-order valence-corrected chi connectivity index (χ4v) is 10.8. The minimum atomic E-state index is -0.631. The molecular weight excluding hydrogens is 939 g/mol. The fraction of sp³-hybridized carbons (Fsp3) is 0.358. The van der Waals surface area contributed by atoms with Gasteiger partial charge in [0.05, 0.1) is 16.7 Å². The van der Waals surface area contributed by atoms with Gasteiger partial charge in [-0.05, 0) is 87.1 Å². The average Bonchev–Trinajstić information content (AvgIpc) is 3.32. The number of carbonyl (C=O) groups excluding carboxylic acids is 6. The van der Waals surface area contributed by atoms with Crippen LogP contribution in [-0.4, -0.2) is 67.9 Å². The van der Waals surface area contributed by atoms with Gasteiger partial charge in [0.2, 0.25) is 0 Å². The Kier molecular flexibility index (Phi) is 20.1. The van der Waals surface area contributed by atoms with Gasteiger partial charge in [0.15, 0.2) is 11.6 Å². The summed E-state index contributed by atoms with van der Waals surface area (Å²) >= 11 is 2.44. The monoisotopic (exact) mass is 997 g/mol. The van der Waals surface area contributed by atoms with Crippen LogP contribution in [0.5, 0.6) is 0 Å². The molecule has 1 N–H and O–H groups in total. The Morgan fingerprint density at radius 2 is 0.985 bits per heavy atom. The van der Waals surface area contributed by atoms with Crippen LogP contribution in [0.25, 0.3) is 0 Å². The number of ketones is 2. The van der Waals surface area contributed by atoms with Crippen LogP contribution >= 0.6 is 50.5 Å². The van der Waals surface area contributed by atoms with E-state index in [1.807, 2.05) is 24.3 Å². The van der Waals surface area contributed by atoms with Crippen LogP contribution in [0, 0.1) is 5.92 Å². The Balaban J connectivity index is 0.00000432. The molecule has 0 aromatic heterocycles. The molecule has 0 atom stereocenters. The van der Waals surface area contributed by atoms with Gasteiger partial charge in [0.25, 0.3) is 0 Å². The summed E-state index contributed by atoms with van der Waals surface area (Å²) in [4.78, 5) is 84.1. The second-order valence-electron chi connectivity index (χ2n) is 17.0. The maximum atomic E-state index is 15.6. The molecule has 11 nitrogen and oxygen atoms in total. The van der Waals surface area contributed by atoms with Crippen LogP contribution in [0.4, 0.5) is 5.69 Å². The van der Waals surface area contributed by atoms with E-state index in [9.17, 15) is 19.2 Å². The lowest BCUT2D eigenvalue weighted by atomic mass is 9.77. The van der Waals surface area contributed by atoms with Gasteiger partial charge < -0.3 is 24.3 Å². The predicted octanol–water partition coefficient (Wildman–Crippen LogP) is 11.4. The van der Waals surface area contributed by atoms with Crippen molar-refractivity contribution < 1.29 is 47.7 Å². The molecule has 0 saturated heterocycles. The van der Waals surface area contributed by atoms with E-state index in [0.717, 1.165) is 63.4 Å². The van der Waals surface area contributed by atoms with Crippen LogP contribution in [0.2, 0.25) is 0 Å².